The minimum atomic E-state index is -3.45. The van der Waals surface area contributed by atoms with Crippen molar-refractivity contribution >= 4 is 15.7 Å². The predicted octanol–water partition coefficient (Wildman–Crippen LogP) is 2.43. The Hall–Kier alpha value is -1.07. The zero-order chi connectivity index (χ0) is 14.0. The summed E-state index contributed by atoms with van der Waals surface area (Å²) >= 11 is 0. The molecular weight excluding hydrogens is 260 g/mol. The highest BCUT2D eigenvalue weighted by atomic mass is 32.2. The average molecular weight is 282 g/mol. The lowest BCUT2D eigenvalue weighted by atomic mass is 9.88. The summed E-state index contributed by atoms with van der Waals surface area (Å²) < 4.78 is 27.4. The van der Waals surface area contributed by atoms with Gasteiger partial charge in [0.05, 0.1) is 4.90 Å². The normalized spacial score (nSPS) is 24.3. The highest BCUT2D eigenvalue weighted by Gasteiger charge is 2.24. The maximum Gasteiger partial charge on any atom is 0.240 e. The van der Waals surface area contributed by atoms with Gasteiger partial charge in [0.1, 0.15) is 0 Å². The van der Waals surface area contributed by atoms with Crippen molar-refractivity contribution in [2.24, 2.45) is 5.92 Å². The van der Waals surface area contributed by atoms with Gasteiger partial charge in [-0.25, -0.2) is 13.1 Å². The van der Waals surface area contributed by atoms with Gasteiger partial charge in [-0.1, -0.05) is 6.92 Å². The van der Waals surface area contributed by atoms with Crippen molar-refractivity contribution in [2.45, 2.75) is 50.5 Å². The van der Waals surface area contributed by atoms with Crippen LogP contribution in [0.2, 0.25) is 0 Å². The van der Waals surface area contributed by atoms with Crippen molar-refractivity contribution in [3.8, 4) is 0 Å². The molecular formula is C14H22N2O2S. The molecule has 0 amide bonds. The molecule has 0 spiro atoms. The number of rotatable bonds is 3. The third-order valence-electron chi connectivity index (χ3n) is 3.72. The smallest absolute Gasteiger partial charge is 0.240 e. The molecule has 0 aromatic heterocycles. The molecule has 3 N–H and O–H groups in total. The molecule has 1 aliphatic carbocycles. The van der Waals surface area contributed by atoms with Crippen molar-refractivity contribution < 1.29 is 8.42 Å². The predicted molar refractivity (Wildman–Crippen MR) is 77.3 cm³/mol. The maximum atomic E-state index is 12.3. The van der Waals surface area contributed by atoms with Crippen molar-refractivity contribution in [1.82, 2.24) is 4.72 Å². The average Bonchev–Trinajstić information content (AvgIpc) is 2.31. The first-order valence-electron chi connectivity index (χ1n) is 6.76. The zero-order valence-electron chi connectivity index (χ0n) is 11.5. The van der Waals surface area contributed by atoms with Crippen LogP contribution >= 0.6 is 0 Å². The first-order chi connectivity index (χ1) is 8.87. The van der Waals surface area contributed by atoms with E-state index in [0.717, 1.165) is 31.2 Å². The molecule has 1 aromatic carbocycles. The van der Waals surface area contributed by atoms with Gasteiger partial charge in [-0.2, -0.15) is 0 Å². The van der Waals surface area contributed by atoms with Crippen molar-refractivity contribution in [1.29, 1.82) is 0 Å². The van der Waals surface area contributed by atoms with Gasteiger partial charge in [0.15, 0.2) is 0 Å². The summed E-state index contributed by atoms with van der Waals surface area (Å²) in [6.45, 7) is 4.06. The Bertz CT molecular complexity index is 526. The summed E-state index contributed by atoms with van der Waals surface area (Å²) in [6, 6.07) is 5.00. The van der Waals surface area contributed by atoms with Crippen LogP contribution in [0.3, 0.4) is 0 Å². The van der Waals surface area contributed by atoms with Crippen molar-refractivity contribution in [3.63, 3.8) is 0 Å². The minimum Gasteiger partial charge on any atom is -0.399 e. The SMILES string of the molecule is Cc1cc(N)cc(S(=O)(=O)NC2CCC(C)CC2)c1. The zero-order valence-corrected chi connectivity index (χ0v) is 12.3. The fourth-order valence-electron chi connectivity index (χ4n) is 2.60. The molecule has 1 fully saturated rings. The second kappa shape index (κ2) is 5.51. The number of hydrogen-bond donors (Lipinski definition) is 2. The summed E-state index contributed by atoms with van der Waals surface area (Å²) in [4.78, 5) is 0.267. The Labute approximate surface area is 115 Å². The van der Waals surface area contributed by atoms with E-state index in [1.54, 1.807) is 12.1 Å². The van der Waals surface area contributed by atoms with Gasteiger partial charge in [-0.15, -0.1) is 0 Å². The van der Waals surface area contributed by atoms with E-state index in [4.69, 9.17) is 5.73 Å². The summed E-state index contributed by atoms with van der Waals surface area (Å²) in [6.07, 6.45) is 4.01. The molecule has 2 rings (SSSR count). The van der Waals surface area contributed by atoms with Gasteiger partial charge in [0.2, 0.25) is 10.0 Å². The van der Waals surface area contributed by atoms with Crippen molar-refractivity contribution in [2.75, 3.05) is 5.73 Å². The summed E-state index contributed by atoms with van der Waals surface area (Å²) in [5.74, 6) is 0.704. The largest absolute Gasteiger partial charge is 0.399 e. The molecule has 106 valence electrons. The molecule has 0 radical (unpaired) electrons. The van der Waals surface area contributed by atoms with Crippen LogP contribution in [0.4, 0.5) is 5.69 Å². The Morgan fingerprint density at radius 2 is 1.79 bits per heavy atom. The Balaban J connectivity index is 2.14. The van der Waals surface area contributed by atoms with Crippen LogP contribution in [0.1, 0.15) is 38.2 Å². The maximum absolute atomic E-state index is 12.3. The highest BCUT2D eigenvalue weighted by molar-refractivity contribution is 7.89. The first-order valence-corrected chi connectivity index (χ1v) is 8.24. The molecule has 4 nitrogen and oxygen atoms in total. The number of hydrogen-bond acceptors (Lipinski definition) is 3. The van der Waals surface area contributed by atoms with Crippen LogP contribution in [0, 0.1) is 12.8 Å². The molecule has 0 bridgehead atoms. The van der Waals surface area contributed by atoms with Gasteiger partial charge in [0, 0.05) is 11.7 Å². The molecule has 0 heterocycles. The Morgan fingerprint density at radius 1 is 1.16 bits per heavy atom. The van der Waals surface area contributed by atoms with Crippen molar-refractivity contribution in [3.05, 3.63) is 23.8 Å². The van der Waals surface area contributed by atoms with Crippen LogP contribution in [0.5, 0.6) is 0 Å². The van der Waals surface area contributed by atoms with E-state index in [2.05, 4.69) is 11.6 Å². The summed E-state index contributed by atoms with van der Waals surface area (Å²) in [5.41, 5.74) is 7.06. The summed E-state index contributed by atoms with van der Waals surface area (Å²) in [5, 5.41) is 0. The lowest BCUT2D eigenvalue weighted by Crippen LogP contribution is -2.37. The molecule has 0 unspecified atom stereocenters. The fourth-order valence-corrected chi connectivity index (χ4v) is 4.04. The third-order valence-corrected chi connectivity index (χ3v) is 5.22. The fraction of sp³-hybridized carbons (Fsp3) is 0.571. The van der Waals surface area contributed by atoms with E-state index in [1.165, 1.54) is 6.07 Å². The first kappa shape index (κ1) is 14.3. The van der Waals surface area contributed by atoms with Gasteiger partial charge in [0.25, 0.3) is 0 Å². The topological polar surface area (TPSA) is 72.2 Å². The monoisotopic (exact) mass is 282 g/mol. The van der Waals surface area contributed by atoms with Gasteiger partial charge in [-0.3, -0.25) is 0 Å². The van der Waals surface area contributed by atoms with Crippen LogP contribution < -0.4 is 10.5 Å². The highest BCUT2D eigenvalue weighted by Crippen LogP contribution is 2.25. The molecule has 19 heavy (non-hydrogen) atoms. The number of nitrogens with two attached hydrogens (primary N) is 1. The van der Waals surface area contributed by atoms with E-state index < -0.39 is 10.0 Å². The number of sulfonamides is 1. The van der Waals surface area contributed by atoms with E-state index in [9.17, 15) is 8.42 Å². The molecule has 0 saturated heterocycles. The lowest BCUT2D eigenvalue weighted by Gasteiger charge is -2.26. The number of anilines is 1. The second-order valence-electron chi connectivity index (χ2n) is 5.66. The second-order valence-corrected chi connectivity index (χ2v) is 7.37. The number of aryl methyl sites for hydroxylation is 1. The van der Waals surface area contributed by atoms with Crippen LogP contribution in [-0.2, 0) is 10.0 Å². The third kappa shape index (κ3) is 3.70. The van der Waals surface area contributed by atoms with Crippen LogP contribution in [0.15, 0.2) is 23.1 Å². The summed E-state index contributed by atoms with van der Waals surface area (Å²) in [7, 11) is -3.45. The van der Waals surface area contributed by atoms with Gasteiger partial charge in [-0.05, 0) is 62.3 Å². The number of nitrogens with one attached hydrogen (secondary N) is 1. The Kier molecular flexibility index (Phi) is 4.16. The molecule has 1 aliphatic rings. The van der Waals surface area contributed by atoms with E-state index in [0.29, 0.717) is 11.6 Å². The van der Waals surface area contributed by atoms with Gasteiger partial charge < -0.3 is 5.73 Å². The van der Waals surface area contributed by atoms with Crippen LogP contribution in [0.25, 0.3) is 0 Å². The lowest BCUT2D eigenvalue weighted by molar-refractivity contribution is 0.332. The molecule has 1 saturated carbocycles. The van der Waals surface area contributed by atoms with E-state index >= 15 is 0 Å². The molecule has 5 heteroatoms. The molecule has 0 aliphatic heterocycles. The standard InChI is InChI=1S/C14H22N2O2S/c1-10-3-5-13(6-4-10)16-19(17,18)14-8-11(2)7-12(15)9-14/h7-10,13,16H,3-6,15H2,1-2H3. The quantitative estimate of drug-likeness (QED) is 0.836. The van der Waals surface area contributed by atoms with Gasteiger partial charge >= 0.3 is 0 Å². The minimum absolute atomic E-state index is 0.0583. The van der Waals surface area contributed by atoms with E-state index in [-0.39, 0.29) is 10.9 Å². The Morgan fingerprint density at radius 3 is 2.37 bits per heavy atom. The van der Waals surface area contributed by atoms with Crippen LogP contribution in [-0.4, -0.2) is 14.5 Å². The number of benzene rings is 1. The molecule has 0 atom stereocenters. The van der Waals surface area contributed by atoms with E-state index in [1.807, 2.05) is 6.92 Å². The number of nitrogen functional groups attached to an aromatic ring is 1. The molecule has 1 aromatic rings.